The number of halogens is 5. The van der Waals surface area contributed by atoms with E-state index in [1.807, 2.05) is 13.8 Å². The van der Waals surface area contributed by atoms with Gasteiger partial charge >= 0.3 is 6.18 Å². The third-order valence-electron chi connectivity index (χ3n) is 4.13. The normalized spacial score (nSPS) is 12.3. The minimum absolute atomic E-state index is 0.107. The van der Waals surface area contributed by atoms with Crippen LogP contribution in [0.2, 0.25) is 0 Å². The summed E-state index contributed by atoms with van der Waals surface area (Å²) in [6, 6.07) is 5.83. The highest BCUT2D eigenvalue weighted by atomic mass is 19.4. The number of nitrogens with one attached hydrogen (secondary N) is 1. The van der Waals surface area contributed by atoms with Crippen molar-refractivity contribution < 1.29 is 22.0 Å². The van der Waals surface area contributed by atoms with E-state index in [9.17, 15) is 22.0 Å². The number of nitrogens with two attached hydrogens (primary N) is 1. The van der Waals surface area contributed by atoms with Crippen LogP contribution >= 0.6 is 0 Å². The van der Waals surface area contributed by atoms with Gasteiger partial charge in [0, 0.05) is 19.2 Å². The molecule has 3 heterocycles. The summed E-state index contributed by atoms with van der Waals surface area (Å²) < 4.78 is 66.6. The van der Waals surface area contributed by atoms with E-state index >= 15 is 0 Å². The van der Waals surface area contributed by atoms with Gasteiger partial charge in [0.2, 0.25) is 0 Å². The number of hydrogen-bond acceptors (Lipinski definition) is 6. The Kier molecular flexibility index (Phi) is 5.79. The molecular formula is C20H19F5N6. The molecule has 0 unspecified atom stereocenters. The van der Waals surface area contributed by atoms with Crippen molar-refractivity contribution >= 4 is 11.6 Å². The van der Waals surface area contributed by atoms with E-state index < -0.39 is 23.5 Å². The Balaban J connectivity index is 2.18. The lowest BCUT2D eigenvalue weighted by molar-refractivity contribution is -0.141. The first-order valence-electron chi connectivity index (χ1n) is 9.19. The lowest BCUT2D eigenvalue weighted by Gasteiger charge is -2.18. The number of alkyl halides is 5. The maximum Gasteiger partial charge on any atom is 0.433 e. The summed E-state index contributed by atoms with van der Waals surface area (Å²) in [5, 5.41) is 3.04. The maximum absolute atomic E-state index is 13.7. The Morgan fingerprint density at radius 1 is 0.968 bits per heavy atom. The molecule has 3 aromatic rings. The van der Waals surface area contributed by atoms with Crippen LogP contribution in [0.15, 0.2) is 36.5 Å². The second kappa shape index (κ2) is 8.05. The van der Waals surface area contributed by atoms with Gasteiger partial charge in [-0.3, -0.25) is 4.98 Å². The van der Waals surface area contributed by atoms with E-state index in [0.717, 1.165) is 6.07 Å². The second-order valence-electron chi connectivity index (χ2n) is 7.18. The zero-order chi connectivity index (χ0) is 23.0. The number of hydrogen-bond donors (Lipinski definition) is 2. The molecule has 0 fully saturated rings. The average Bonchev–Trinajstić information content (AvgIpc) is 2.66. The monoisotopic (exact) mass is 438 g/mol. The highest BCUT2D eigenvalue weighted by molar-refractivity contribution is 5.85. The molecule has 0 bridgehead atoms. The standard InChI is InChI=1S/C20H19F5N6/c1-10(2)28-18-15(11-7-8-27-14(9-11)19(3,21)22)16(26)30-17(31-18)12-5-4-6-13(29-12)20(23,24)25/h4-10H,1-3H3,(H3,26,28,30,31). The van der Waals surface area contributed by atoms with E-state index in [1.54, 1.807) is 0 Å². The number of aromatic nitrogens is 4. The molecule has 11 heteroatoms. The summed E-state index contributed by atoms with van der Waals surface area (Å²) in [5.41, 5.74) is 4.93. The highest BCUT2D eigenvalue weighted by Crippen LogP contribution is 2.36. The smallest absolute Gasteiger partial charge is 0.383 e. The molecule has 0 saturated heterocycles. The van der Waals surface area contributed by atoms with Crippen LogP contribution in [0.5, 0.6) is 0 Å². The van der Waals surface area contributed by atoms with Gasteiger partial charge in [-0.15, -0.1) is 0 Å². The highest BCUT2D eigenvalue weighted by Gasteiger charge is 2.33. The number of rotatable bonds is 5. The van der Waals surface area contributed by atoms with Gasteiger partial charge in [0.05, 0.1) is 5.56 Å². The minimum atomic E-state index is -4.64. The van der Waals surface area contributed by atoms with E-state index in [4.69, 9.17) is 5.73 Å². The second-order valence-corrected chi connectivity index (χ2v) is 7.18. The van der Waals surface area contributed by atoms with Gasteiger partial charge in [-0.2, -0.15) is 22.0 Å². The topological polar surface area (TPSA) is 89.6 Å². The third-order valence-corrected chi connectivity index (χ3v) is 4.13. The molecule has 0 amide bonds. The first kappa shape index (κ1) is 22.3. The van der Waals surface area contributed by atoms with Crippen molar-refractivity contribution in [3.05, 3.63) is 47.9 Å². The van der Waals surface area contributed by atoms with E-state index in [0.29, 0.717) is 6.92 Å². The predicted octanol–water partition coefficient (Wildman–Crippen LogP) is 5.13. The predicted molar refractivity (Wildman–Crippen MR) is 106 cm³/mol. The molecule has 0 aliphatic rings. The van der Waals surface area contributed by atoms with Crippen molar-refractivity contribution in [2.75, 3.05) is 11.1 Å². The van der Waals surface area contributed by atoms with Crippen molar-refractivity contribution in [1.82, 2.24) is 19.9 Å². The Bertz CT molecular complexity index is 1090. The van der Waals surface area contributed by atoms with Gasteiger partial charge in [-0.25, -0.2) is 15.0 Å². The number of pyridine rings is 2. The van der Waals surface area contributed by atoms with Gasteiger partial charge in [0.25, 0.3) is 5.92 Å². The summed E-state index contributed by atoms with van der Waals surface area (Å²) in [6.07, 6.45) is -3.43. The molecule has 164 valence electrons. The summed E-state index contributed by atoms with van der Waals surface area (Å²) in [7, 11) is 0. The minimum Gasteiger partial charge on any atom is -0.383 e. The molecule has 0 saturated carbocycles. The largest absolute Gasteiger partial charge is 0.433 e. The molecule has 0 radical (unpaired) electrons. The van der Waals surface area contributed by atoms with Gasteiger partial charge in [0.1, 0.15) is 28.7 Å². The number of nitrogens with zero attached hydrogens (tertiary/aromatic N) is 4. The molecule has 0 aliphatic heterocycles. The van der Waals surface area contributed by atoms with Crippen molar-refractivity contribution in [2.24, 2.45) is 0 Å². The zero-order valence-electron chi connectivity index (χ0n) is 16.8. The molecule has 0 aromatic carbocycles. The molecule has 0 spiro atoms. The summed E-state index contributed by atoms with van der Waals surface area (Å²) in [5.74, 6) is -3.25. The summed E-state index contributed by atoms with van der Waals surface area (Å²) in [6.45, 7) is 4.33. The summed E-state index contributed by atoms with van der Waals surface area (Å²) >= 11 is 0. The Labute approximate surface area is 174 Å². The zero-order valence-corrected chi connectivity index (χ0v) is 16.8. The first-order valence-corrected chi connectivity index (χ1v) is 9.19. The molecule has 31 heavy (non-hydrogen) atoms. The van der Waals surface area contributed by atoms with Gasteiger partial charge in [-0.1, -0.05) is 6.07 Å². The third kappa shape index (κ3) is 5.04. The molecule has 3 rings (SSSR count). The molecule has 6 nitrogen and oxygen atoms in total. The van der Waals surface area contributed by atoms with E-state index in [-0.39, 0.29) is 40.3 Å². The van der Waals surface area contributed by atoms with Crippen LogP contribution in [-0.4, -0.2) is 26.0 Å². The van der Waals surface area contributed by atoms with Crippen molar-refractivity contribution in [2.45, 2.75) is 38.9 Å². The van der Waals surface area contributed by atoms with Crippen LogP contribution in [0.3, 0.4) is 0 Å². The van der Waals surface area contributed by atoms with Crippen LogP contribution in [0, 0.1) is 0 Å². The quantitative estimate of drug-likeness (QED) is 0.537. The number of nitrogen functional groups attached to an aromatic ring is 1. The van der Waals surface area contributed by atoms with Crippen molar-refractivity contribution in [3.63, 3.8) is 0 Å². The molecule has 0 aliphatic carbocycles. The lowest BCUT2D eigenvalue weighted by atomic mass is 10.0. The van der Waals surface area contributed by atoms with Crippen LogP contribution in [0.4, 0.5) is 33.6 Å². The van der Waals surface area contributed by atoms with Crippen LogP contribution < -0.4 is 11.1 Å². The molecule has 3 aromatic heterocycles. The van der Waals surface area contributed by atoms with E-state index in [2.05, 4.69) is 25.3 Å². The fourth-order valence-electron chi connectivity index (χ4n) is 2.80. The van der Waals surface area contributed by atoms with Gasteiger partial charge in [0.15, 0.2) is 5.82 Å². The lowest BCUT2D eigenvalue weighted by Crippen LogP contribution is -2.15. The SMILES string of the molecule is CC(C)Nc1nc(-c2cccc(C(F)(F)F)n2)nc(N)c1-c1ccnc(C(C)(F)F)c1. The summed E-state index contributed by atoms with van der Waals surface area (Å²) in [4.78, 5) is 15.7. The molecule has 0 atom stereocenters. The Hall–Kier alpha value is -3.37. The van der Waals surface area contributed by atoms with E-state index in [1.165, 1.54) is 30.5 Å². The van der Waals surface area contributed by atoms with Gasteiger partial charge < -0.3 is 11.1 Å². The van der Waals surface area contributed by atoms with Crippen LogP contribution in [0.1, 0.15) is 32.2 Å². The fourth-order valence-corrected chi connectivity index (χ4v) is 2.80. The van der Waals surface area contributed by atoms with Gasteiger partial charge in [-0.05, 0) is 43.7 Å². The van der Waals surface area contributed by atoms with Crippen molar-refractivity contribution in [1.29, 1.82) is 0 Å². The number of anilines is 2. The van der Waals surface area contributed by atoms with Crippen molar-refractivity contribution in [3.8, 4) is 22.6 Å². The Morgan fingerprint density at radius 3 is 2.29 bits per heavy atom. The average molecular weight is 438 g/mol. The molecule has 3 N–H and O–H groups in total. The first-order chi connectivity index (χ1) is 14.4. The molecular weight excluding hydrogens is 419 g/mol. The fraction of sp³-hybridized carbons (Fsp3) is 0.300. The van der Waals surface area contributed by atoms with Crippen LogP contribution in [0.25, 0.3) is 22.6 Å². The maximum atomic E-state index is 13.7. The van der Waals surface area contributed by atoms with Crippen LogP contribution in [-0.2, 0) is 12.1 Å². The Morgan fingerprint density at radius 2 is 1.68 bits per heavy atom.